The van der Waals surface area contributed by atoms with E-state index in [-0.39, 0.29) is 34.4 Å². The summed E-state index contributed by atoms with van der Waals surface area (Å²) in [6.45, 7) is 8.82. The Morgan fingerprint density at radius 3 is 2.75 bits per heavy atom. The van der Waals surface area contributed by atoms with Crippen LogP contribution >= 0.6 is 0 Å². The van der Waals surface area contributed by atoms with Crippen molar-refractivity contribution in [2.24, 2.45) is 0 Å². The molecule has 10 heteroatoms. The second-order valence-corrected chi connectivity index (χ2v) is 9.76. The van der Waals surface area contributed by atoms with Crippen LogP contribution in [0.2, 0.25) is 0 Å². The van der Waals surface area contributed by atoms with Crippen molar-refractivity contribution in [1.29, 1.82) is 5.26 Å². The lowest BCUT2D eigenvalue weighted by Gasteiger charge is -2.19. The fourth-order valence-electron chi connectivity index (χ4n) is 4.40. The molecule has 0 bridgehead atoms. The molecule has 0 saturated carbocycles. The molecular weight excluding hydrogens is 459 g/mol. The highest BCUT2D eigenvalue weighted by atomic mass is 19.1. The van der Waals surface area contributed by atoms with Crippen LogP contribution in [0.25, 0.3) is 16.9 Å². The number of rotatable bonds is 5. The molecule has 2 N–H and O–H groups in total. The van der Waals surface area contributed by atoms with Crippen LogP contribution in [-0.2, 0) is 18.4 Å². The quantitative estimate of drug-likeness (QED) is 0.440. The van der Waals surface area contributed by atoms with Gasteiger partial charge in [-0.05, 0) is 76.1 Å². The van der Waals surface area contributed by atoms with Crippen molar-refractivity contribution < 1.29 is 4.39 Å². The first-order chi connectivity index (χ1) is 17.2. The first kappa shape index (κ1) is 23.6. The van der Waals surface area contributed by atoms with E-state index in [1.165, 1.54) is 38.8 Å². The zero-order valence-corrected chi connectivity index (χ0v) is 20.6. The lowest BCUT2D eigenvalue weighted by molar-refractivity contribution is 0.458. The topological polar surface area (TPSA) is 113 Å². The third kappa shape index (κ3) is 4.01. The summed E-state index contributed by atoms with van der Waals surface area (Å²) in [6.07, 6.45) is 2.43. The largest absolute Gasteiger partial charge is 0.324 e. The van der Waals surface area contributed by atoms with E-state index in [1.54, 1.807) is 13.8 Å². The molecule has 1 aliphatic heterocycles. The first-order valence-corrected chi connectivity index (χ1v) is 11.9. The predicted octanol–water partition coefficient (Wildman–Crippen LogP) is 3.89. The Bertz CT molecular complexity index is 1580. The number of aromatic nitrogens is 5. The molecule has 5 rings (SSSR count). The molecule has 0 amide bonds. The summed E-state index contributed by atoms with van der Waals surface area (Å²) in [6, 6.07) is 10.7. The summed E-state index contributed by atoms with van der Waals surface area (Å²) in [4.78, 5) is 26.7. The minimum Gasteiger partial charge on any atom is -0.324 e. The molecule has 0 aliphatic carbocycles. The maximum atomic E-state index is 15.2. The van der Waals surface area contributed by atoms with E-state index in [1.807, 2.05) is 19.9 Å². The minimum absolute atomic E-state index is 0.0962. The maximum Gasteiger partial charge on any atom is 0.278 e. The van der Waals surface area contributed by atoms with E-state index < -0.39 is 11.2 Å². The number of nitriles is 1. The molecule has 184 valence electrons. The molecule has 0 fully saturated rings. The monoisotopic (exact) mass is 486 g/mol. The highest BCUT2D eigenvalue weighted by Crippen LogP contribution is 2.26. The smallest absolute Gasteiger partial charge is 0.278 e. The van der Waals surface area contributed by atoms with Crippen LogP contribution in [0.3, 0.4) is 0 Å². The van der Waals surface area contributed by atoms with E-state index in [9.17, 15) is 10.1 Å². The van der Waals surface area contributed by atoms with Crippen LogP contribution in [0, 0.1) is 17.1 Å². The van der Waals surface area contributed by atoms with Crippen LogP contribution in [0.1, 0.15) is 50.6 Å². The molecule has 36 heavy (non-hydrogen) atoms. The van der Waals surface area contributed by atoms with Crippen LogP contribution in [-0.4, -0.2) is 30.9 Å². The van der Waals surface area contributed by atoms with Crippen molar-refractivity contribution in [2.75, 3.05) is 11.9 Å². The molecule has 0 radical (unpaired) electrons. The number of hydrogen-bond acceptors (Lipinski definition) is 7. The van der Waals surface area contributed by atoms with Gasteiger partial charge in [0, 0.05) is 24.5 Å². The summed E-state index contributed by atoms with van der Waals surface area (Å²) in [5, 5.41) is 16.4. The molecule has 0 atom stereocenters. The summed E-state index contributed by atoms with van der Waals surface area (Å²) in [5.74, 6) is -0.454. The molecule has 0 unspecified atom stereocenters. The van der Waals surface area contributed by atoms with Crippen molar-refractivity contribution in [3.05, 3.63) is 69.5 Å². The molecule has 1 aliphatic rings. The molecule has 4 aromatic rings. The Morgan fingerprint density at radius 2 is 2.00 bits per heavy atom. The Balaban J connectivity index is 1.67. The van der Waals surface area contributed by atoms with Gasteiger partial charge in [0.2, 0.25) is 5.95 Å². The Kier molecular flexibility index (Phi) is 5.80. The average molecular weight is 487 g/mol. The van der Waals surface area contributed by atoms with Crippen LogP contribution < -0.4 is 16.2 Å². The molecule has 0 saturated heterocycles. The average Bonchev–Trinajstić information content (AvgIpc) is 3.15. The fraction of sp³-hybridized carbons (Fsp3) is 0.346. The van der Waals surface area contributed by atoms with Gasteiger partial charge in [-0.1, -0.05) is 6.07 Å². The van der Waals surface area contributed by atoms with Crippen molar-refractivity contribution >= 4 is 22.7 Å². The maximum absolute atomic E-state index is 15.2. The minimum atomic E-state index is -0.947. The lowest BCUT2D eigenvalue weighted by atomic mass is 9.91. The zero-order valence-electron chi connectivity index (χ0n) is 20.6. The number of fused-ring (bicyclic) bond motifs is 2. The van der Waals surface area contributed by atoms with E-state index >= 15 is 4.39 Å². The number of nitrogens with zero attached hydrogens (tertiary/aromatic N) is 6. The number of anilines is 2. The standard InChI is InChI=1S/C26H27FN8O/c1-15(2)34-24(36)19-13-30-25(31-18-6-5-16-9-10-29-12-17(16)11-18)33-22(19)35(34)23-20(27)7-8-21(32-23)26(3,4)14-28/h5-8,11,13,15,29H,9-10,12H2,1-4H3,(H,30,31,33). The van der Waals surface area contributed by atoms with Crippen molar-refractivity contribution in [3.63, 3.8) is 0 Å². The Morgan fingerprint density at radius 1 is 1.19 bits per heavy atom. The van der Waals surface area contributed by atoms with E-state index in [2.05, 4.69) is 43.8 Å². The number of nitrogens with one attached hydrogen (secondary N) is 2. The number of pyridine rings is 1. The third-order valence-corrected chi connectivity index (χ3v) is 6.41. The normalized spacial score (nSPS) is 13.6. The fourth-order valence-corrected chi connectivity index (χ4v) is 4.40. The summed E-state index contributed by atoms with van der Waals surface area (Å²) < 4.78 is 18.0. The predicted molar refractivity (Wildman–Crippen MR) is 135 cm³/mol. The van der Waals surface area contributed by atoms with Gasteiger partial charge in [-0.15, -0.1) is 0 Å². The zero-order chi connectivity index (χ0) is 25.6. The highest BCUT2D eigenvalue weighted by Gasteiger charge is 2.27. The van der Waals surface area contributed by atoms with Crippen molar-refractivity contribution in [2.45, 2.75) is 52.1 Å². The molecular formula is C26H27FN8O. The molecule has 1 aromatic carbocycles. The Labute approximate surface area is 207 Å². The molecule has 3 aromatic heterocycles. The van der Waals surface area contributed by atoms with Gasteiger partial charge in [-0.2, -0.15) is 10.2 Å². The molecule has 4 heterocycles. The van der Waals surface area contributed by atoms with E-state index in [0.717, 1.165) is 25.2 Å². The van der Waals surface area contributed by atoms with Gasteiger partial charge in [0.25, 0.3) is 5.56 Å². The number of benzene rings is 1. The van der Waals surface area contributed by atoms with Gasteiger partial charge >= 0.3 is 0 Å². The van der Waals surface area contributed by atoms with Gasteiger partial charge in [0.05, 0.1) is 17.2 Å². The lowest BCUT2D eigenvalue weighted by Crippen LogP contribution is -2.26. The van der Waals surface area contributed by atoms with Crippen LogP contribution in [0.4, 0.5) is 16.0 Å². The van der Waals surface area contributed by atoms with Crippen LogP contribution in [0.15, 0.2) is 41.3 Å². The highest BCUT2D eigenvalue weighted by molar-refractivity contribution is 5.77. The summed E-state index contributed by atoms with van der Waals surface area (Å²) >= 11 is 0. The van der Waals surface area contributed by atoms with E-state index in [0.29, 0.717) is 5.69 Å². The second kappa shape index (κ2) is 8.84. The van der Waals surface area contributed by atoms with Gasteiger partial charge in [0.15, 0.2) is 17.3 Å². The molecule has 9 nitrogen and oxygen atoms in total. The van der Waals surface area contributed by atoms with Gasteiger partial charge < -0.3 is 10.6 Å². The number of hydrogen-bond donors (Lipinski definition) is 2. The van der Waals surface area contributed by atoms with E-state index in [4.69, 9.17) is 0 Å². The third-order valence-electron chi connectivity index (χ3n) is 6.41. The van der Waals surface area contributed by atoms with Gasteiger partial charge in [-0.3, -0.25) is 4.79 Å². The Hall–Kier alpha value is -4.10. The summed E-state index contributed by atoms with van der Waals surface area (Å²) in [5.41, 5.74) is 2.65. The van der Waals surface area contributed by atoms with Gasteiger partial charge in [-0.25, -0.2) is 23.7 Å². The second-order valence-electron chi connectivity index (χ2n) is 9.76. The SMILES string of the molecule is CC(C)n1c(=O)c2cnc(Nc3ccc4c(c3)CNCC4)nc2n1-c1nc(C(C)(C)C#N)ccc1F. The van der Waals surface area contributed by atoms with Crippen molar-refractivity contribution in [3.8, 4) is 11.9 Å². The summed E-state index contributed by atoms with van der Waals surface area (Å²) in [7, 11) is 0. The van der Waals surface area contributed by atoms with Crippen molar-refractivity contribution in [1.82, 2.24) is 29.6 Å². The first-order valence-electron chi connectivity index (χ1n) is 11.9. The number of halogens is 1. The van der Waals surface area contributed by atoms with Crippen LogP contribution in [0.5, 0.6) is 0 Å². The van der Waals surface area contributed by atoms with Gasteiger partial charge in [0.1, 0.15) is 5.39 Å². The molecule has 0 spiro atoms.